The highest BCUT2D eigenvalue weighted by molar-refractivity contribution is 5.51. The first-order valence-corrected chi connectivity index (χ1v) is 6.37. The van der Waals surface area contributed by atoms with Crippen molar-refractivity contribution < 1.29 is 0 Å². The summed E-state index contributed by atoms with van der Waals surface area (Å²) in [6, 6.07) is 2.40. The number of nitrogens with zero attached hydrogens (tertiary/aromatic N) is 3. The zero-order valence-electron chi connectivity index (χ0n) is 10.4. The van der Waals surface area contributed by atoms with Crippen LogP contribution in [-0.2, 0) is 0 Å². The van der Waals surface area contributed by atoms with Crippen LogP contribution in [0.3, 0.4) is 0 Å². The zero-order chi connectivity index (χ0) is 12.3. The van der Waals surface area contributed by atoms with Crippen LogP contribution < -0.4 is 16.4 Å². The summed E-state index contributed by atoms with van der Waals surface area (Å²) < 4.78 is 0. The summed E-state index contributed by atoms with van der Waals surface area (Å²) in [6.45, 7) is 3.26. The molecule has 1 aromatic heterocycles. The number of piperidine rings is 1. The lowest BCUT2D eigenvalue weighted by atomic mass is 9.98. The maximum atomic E-state index is 5.73. The van der Waals surface area contributed by atoms with Crippen LogP contribution in [-0.4, -0.2) is 22.6 Å². The largest absolute Gasteiger partial charge is 0.383 e. The highest BCUT2D eigenvalue weighted by Crippen LogP contribution is 2.26. The van der Waals surface area contributed by atoms with Gasteiger partial charge in [-0.2, -0.15) is 9.97 Å². The molecule has 17 heavy (non-hydrogen) atoms. The summed E-state index contributed by atoms with van der Waals surface area (Å²) in [5.41, 5.74) is 11.4. The molecule has 0 aliphatic carbocycles. The molecule has 1 aliphatic rings. The Bertz CT molecular complexity index is 357. The predicted molar refractivity (Wildman–Crippen MR) is 70.7 cm³/mol. The highest BCUT2D eigenvalue weighted by atomic mass is 15.2. The number of aromatic nitrogens is 2. The average Bonchev–Trinajstić information content (AvgIpc) is 2.29. The molecule has 1 atom stereocenters. The molecule has 0 aromatic carbocycles. The maximum Gasteiger partial charge on any atom is 0.223 e. The standard InChI is InChI=1S/C12H21N5/c1-2-5-9-6-3-4-7-17(9)11-8-10(13)15-12(14)16-11/h8-9H,2-7H2,1H3,(H4,13,14,15,16). The van der Waals surface area contributed by atoms with Gasteiger partial charge < -0.3 is 16.4 Å². The van der Waals surface area contributed by atoms with Gasteiger partial charge in [-0.15, -0.1) is 0 Å². The Balaban J connectivity index is 2.22. The second kappa shape index (κ2) is 5.21. The molecular formula is C12H21N5. The topological polar surface area (TPSA) is 81.1 Å². The van der Waals surface area contributed by atoms with Crippen molar-refractivity contribution in [1.82, 2.24) is 9.97 Å². The first-order valence-electron chi connectivity index (χ1n) is 6.37. The van der Waals surface area contributed by atoms with Gasteiger partial charge in [-0.1, -0.05) is 13.3 Å². The van der Waals surface area contributed by atoms with Gasteiger partial charge in [0.1, 0.15) is 11.6 Å². The Kier molecular flexibility index (Phi) is 3.66. The lowest BCUT2D eigenvalue weighted by Gasteiger charge is -2.36. The first kappa shape index (κ1) is 12.0. The summed E-state index contributed by atoms with van der Waals surface area (Å²) in [5, 5.41) is 0. The van der Waals surface area contributed by atoms with E-state index < -0.39 is 0 Å². The third-order valence-electron chi connectivity index (χ3n) is 3.29. The predicted octanol–water partition coefficient (Wildman–Crippen LogP) is 1.80. The van der Waals surface area contributed by atoms with Gasteiger partial charge in [-0.05, 0) is 25.7 Å². The molecule has 1 fully saturated rings. The van der Waals surface area contributed by atoms with Crippen molar-refractivity contribution in [2.24, 2.45) is 0 Å². The Morgan fingerprint density at radius 3 is 2.88 bits per heavy atom. The van der Waals surface area contributed by atoms with E-state index in [2.05, 4.69) is 21.8 Å². The van der Waals surface area contributed by atoms with Gasteiger partial charge in [0.25, 0.3) is 0 Å². The van der Waals surface area contributed by atoms with Crippen LogP contribution in [0.4, 0.5) is 17.6 Å². The van der Waals surface area contributed by atoms with Crippen LogP contribution in [0.1, 0.15) is 39.0 Å². The molecule has 94 valence electrons. The Morgan fingerprint density at radius 2 is 2.18 bits per heavy atom. The van der Waals surface area contributed by atoms with Crippen molar-refractivity contribution in [3.63, 3.8) is 0 Å². The van der Waals surface area contributed by atoms with E-state index in [0.29, 0.717) is 11.9 Å². The van der Waals surface area contributed by atoms with E-state index in [1.54, 1.807) is 0 Å². The molecule has 1 aliphatic heterocycles. The summed E-state index contributed by atoms with van der Waals surface area (Å²) in [4.78, 5) is 10.6. The van der Waals surface area contributed by atoms with E-state index in [4.69, 9.17) is 11.5 Å². The van der Waals surface area contributed by atoms with E-state index >= 15 is 0 Å². The summed E-state index contributed by atoms with van der Waals surface area (Å²) in [6.07, 6.45) is 6.14. The third-order valence-corrected chi connectivity index (χ3v) is 3.29. The minimum atomic E-state index is 0.265. The quantitative estimate of drug-likeness (QED) is 0.835. The van der Waals surface area contributed by atoms with Crippen LogP contribution >= 0.6 is 0 Å². The molecule has 0 saturated carbocycles. The Hall–Kier alpha value is -1.52. The van der Waals surface area contributed by atoms with Crippen LogP contribution in [0.15, 0.2) is 6.07 Å². The van der Waals surface area contributed by atoms with E-state index in [9.17, 15) is 0 Å². The van der Waals surface area contributed by atoms with Gasteiger partial charge in [0.15, 0.2) is 0 Å². The van der Waals surface area contributed by atoms with Gasteiger partial charge >= 0.3 is 0 Å². The van der Waals surface area contributed by atoms with Crippen LogP contribution in [0.2, 0.25) is 0 Å². The normalized spacial score (nSPS) is 20.5. The van der Waals surface area contributed by atoms with Gasteiger partial charge in [0.05, 0.1) is 0 Å². The highest BCUT2D eigenvalue weighted by Gasteiger charge is 2.23. The maximum absolute atomic E-state index is 5.73. The molecule has 2 rings (SSSR count). The van der Waals surface area contributed by atoms with Gasteiger partial charge in [0.2, 0.25) is 5.95 Å². The van der Waals surface area contributed by atoms with Crippen molar-refractivity contribution in [2.45, 2.75) is 45.1 Å². The number of hydrogen-bond acceptors (Lipinski definition) is 5. The molecular weight excluding hydrogens is 214 g/mol. The molecule has 0 bridgehead atoms. The summed E-state index contributed by atoms with van der Waals surface area (Å²) in [7, 11) is 0. The summed E-state index contributed by atoms with van der Waals surface area (Å²) >= 11 is 0. The molecule has 5 nitrogen and oxygen atoms in total. The van der Waals surface area contributed by atoms with Crippen LogP contribution in [0.5, 0.6) is 0 Å². The number of rotatable bonds is 3. The minimum absolute atomic E-state index is 0.265. The molecule has 1 saturated heterocycles. The van der Waals surface area contributed by atoms with Crippen molar-refractivity contribution in [3.8, 4) is 0 Å². The molecule has 0 amide bonds. The number of hydrogen-bond donors (Lipinski definition) is 2. The number of nitrogen functional groups attached to an aromatic ring is 2. The van der Waals surface area contributed by atoms with Crippen molar-refractivity contribution in [2.75, 3.05) is 22.9 Å². The fourth-order valence-electron chi connectivity index (χ4n) is 2.55. The van der Waals surface area contributed by atoms with E-state index in [-0.39, 0.29) is 5.95 Å². The van der Waals surface area contributed by atoms with Crippen molar-refractivity contribution >= 4 is 17.6 Å². The molecule has 1 unspecified atom stereocenters. The Labute approximate surface area is 102 Å². The average molecular weight is 235 g/mol. The lowest BCUT2D eigenvalue weighted by Crippen LogP contribution is -2.40. The van der Waals surface area contributed by atoms with Crippen molar-refractivity contribution in [3.05, 3.63) is 6.07 Å². The van der Waals surface area contributed by atoms with E-state index in [1.807, 2.05) is 6.07 Å². The van der Waals surface area contributed by atoms with Gasteiger partial charge in [0, 0.05) is 18.7 Å². The number of anilines is 3. The van der Waals surface area contributed by atoms with E-state index in [1.165, 1.54) is 32.1 Å². The molecule has 5 heteroatoms. The fraction of sp³-hybridized carbons (Fsp3) is 0.667. The van der Waals surface area contributed by atoms with Crippen molar-refractivity contribution in [1.29, 1.82) is 0 Å². The molecule has 1 aromatic rings. The van der Waals surface area contributed by atoms with Crippen LogP contribution in [0.25, 0.3) is 0 Å². The fourth-order valence-corrected chi connectivity index (χ4v) is 2.55. The van der Waals surface area contributed by atoms with Gasteiger partial charge in [-0.3, -0.25) is 0 Å². The second-order valence-corrected chi connectivity index (χ2v) is 4.64. The second-order valence-electron chi connectivity index (χ2n) is 4.64. The molecule has 2 heterocycles. The third kappa shape index (κ3) is 2.78. The molecule has 0 spiro atoms. The van der Waals surface area contributed by atoms with Gasteiger partial charge in [-0.25, -0.2) is 0 Å². The SMILES string of the molecule is CCCC1CCCCN1c1cc(N)nc(N)n1. The number of nitrogens with two attached hydrogens (primary N) is 2. The Morgan fingerprint density at radius 1 is 1.35 bits per heavy atom. The zero-order valence-corrected chi connectivity index (χ0v) is 10.4. The van der Waals surface area contributed by atoms with E-state index in [0.717, 1.165) is 12.4 Å². The summed E-state index contributed by atoms with van der Waals surface area (Å²) in [5.74, 6) is 1.60. The van der Waals surface area contributed by atoms with Crippen LogP contribution in [0, 0.1) is 0 Å². The molecule has 0 radical (unpaired) electrons. The lowest BCUT2D eigenvalue weighted by molar-refractivity contribution is 0.432. The molecule has 4 N–H and O–H groups in total. The minimum Gasteiger partial charge on any atom is -0.383 e. The first-order chi connectivity index (χ1) is 8.20. The monoisotopic (exact) mass is 235 g/mol. The smallest absolute Gasteiger partial charge is 0.223 e.